The van der Waals surface area contributed by atoms with Gasteiger partial charge in [0.1, 0.15) is 6.07 Å². The third kappa shape index (κ3) is 3.54. The number of pyridine rings is 1. The predicted molar refractivity (Wildman–Crippen MR) is 68.0 cm³/mol. The van der Waals surface area contributed by atoms with Crippen molar-refractivity contribution in [3.8, 4) is 11.9 Å². The van der Waals surface area contributed by atoms with Crippen LogP contribution in [0.5, 0.6) is 5.88 Å². The molecule has 0 unspecified atom stereocenters. The van der Waals surface area contributed by atoms with Crippen molar-refractivity contribution in [1.29, 1.82) is 5.26 Å². The molecule has 0 aliphatic heterocycles. The number of aromatic nitrogens is 1. The molecule has 2 atom stereocenters. The first-order valence-electron chi connectivity index (χ1n) is 6.08. The van der Waals surface area contributed by atoms with Gasteiger partial charge in [0.25, 0.3) is 0 Å². The molecule has 1 aromatic rings. The molecule has 1 aliphatic carbocycles. The van der Waals surface area contributed by atoms with Crippen LogP contribution in [0.3, 0.4) is 0 Å². The molecule has 2 N–H and O–H groups in total. The Morgan fingerprint density at radius 2 is 2.44 bits per heavy atom. The minimum absolute atomic E-state index is 0.351. The van der Waals surface area contributed by atoms with E-state index in [0.29, 0.717) is 23.4 Å². The fraction of sp³-hybridized carbons (Fsp3) is 0.462. The van der Waals surface area contributed by atoms with Gasteiger partial charge >= 0.3 is 0 Å². The van der Waals surface area contributed by atoms with Gasteiger partial charge in [-0.15, -0.1) is 0 Å². The monoisotopic (exact) mass is 244 g/mol. The minimum atomic E-state index is 0.351. The Hall–Kier alpha value is -1.93. The van der Waals surface area contributed by atoms with Crippen LogP contribution in [-0.4, -0.2) is 17.2 Å². The molecular formula is C13H16N4O. The number of hydrogen-bond donors (Lipinski definition) is 1. The molecule has 1 aromatic heterocycles. The van der Waals surface area contributed by atoms with Crippen LogP contribution in [0.25, 0.3) is 0 Å². The number of nitriles is 1. The Bertz CT molecular complexity index is 449. The molecule has 5 heteroatoms. The second-order valence-electron chi connectivity index (χ2n) is 4.55. The molecule has 1 saturated carbocycles. The zero-order chi connectivity index (χ0) is 12.8. The maximum Gasteiger partial charge on any atom is 0.248 e. The van der Waals surface area contributed by atoms with E-state index in [2.05, 4.69) is 10.1 Å². The Labute approximate surface area is 106 Å². The SMILES string of the molecule is N#Cc1ccc(ON=CC[C@@H]2CC[C@H](N)C2)nc1. The topological polar surface area (TPSA) is 84.3 Å². The number of nitrogens with two attached hydrogens (primary N) is 1. The van der Waals surface area contributed by atoms with Gasteiger partial charge in [0.05, 0.1) is 5.56 Å². The summed E-state index contributed by atoms with van der Waals surface area (Å²) in [5, 5.41) is 12.5. The van der Waals surface area contributed by atoms with Crippen molar-refractivity contribution in [1.82, 2.24) is 4.98 Å². The summed E-state index contributed by atoms with van der Waals surface area (Å²) in [5.41, 5.74) is 6.34. The Morgan fingerprint density at radius 1 is 1.56 bits per heavy atom. The average Bonchev–Trinajstić information content (AvgIpc) is 2.81. The second-order valence-corrected chi connectivity index (χ2v) is 4.55. The van der Waals surface area contributed by atoms with Crippen LogP contribution in [0.15, 0.2) is 23.5 Å². The molecule has 0 saturated heterocycles. The van der Waals surface area contributed by atoms with Crippen LogP contribution in [-0.2, 0) is 0 Å². The molecule has 1 fully saturated rings. The van der Waals surface area contributed by atoms with Gasteiger partial charge in [-0.05, 0) is 37.7 Å². The summed E-state index contributed by atoms with van der Waals surface area (Å²) in [6.45, 7) is 0. The molecule has 0 aromatic carbocycles. The maximum absolute atomic E-state index is 8.61. The average molecular weight is 244 g/mol. The van der Waals surface area contributed by atoms with Crippen molar-refractivity contribution in [3.05, 3.63) is 23.9 Å². The number of nitrogens with zero attached hydrogens (tertiary/aromatic N) is 3. The molecule has 1 aliphatic rings. The van der Waals surface area contributed by atoms with Crippen LogP contribution in [0, 0.1) is 17.2 Å². The number of oxime groups is 1. The van der Waals surface area contributed by atoms with E-state index in [9.17, 15) is 0 Å². The van der Waals surface area contributed by atoms with Crippen LogP contribution in [0.1, 0.15) is 31.2 Å². The molecule has 0 radical (unpaired) electrons. The lowest BCUT2D eigenvalue weighted by Crippen LogP contribution is -2.14. The van der Waals surface area contributed by atoms with E-state index < -0.39 is 0 Å². The highest BCUT2D eigenvalue weighted by atomic mass is 16.6. The molecule has 1 heterocycles. The van der Waals surface area contributed by atoms with E-state index >= 15 is 0 Å². The lowest BCUT2D eigenvalue weighted by Gasteiger charge is -2.03. The summed E-state index contributed by atoms with van der Waals surface area (Å²) in [6, 6.07) is 5.62. The van der Waals surface area contributed by atoms with E-state index in [1.807, 2.05) is 6.07 Å². The molecule has 0 amide bonds. The Balaban J connectivity index is 1.75. The lowest BCUT2D eigenvalue weighted by atomic mass is 10.1. The maximum atomic E-state index is 8.61. The molecule has 0 spiro atoms. The molecule has 2 rings (SSSR count). The van der Waals surface area contributed by atoms with Gasteiger partial charge in [0.2, 0.25) is 5.88 Å². The van der Waals surface area contributed by atoms with E-state index in [1.54, 1.807) is 18.3 Å². The van der Waals surface area contributed by atoms with Crippen molar-refractivity contribution in [2.45, 2.75) is 31.7 Å². The van der Waals surface area contributed by atoms with Crippen LogP contribution >= 0.6 is 0 Å². The first kappa shape index (κ1) is 12.5. The van der Waals surface area contributed by atoms with Gasteiger partial charge < -0.3 is 10.6 Å². The summed E-state index contributed by atoms with van der Waals surface area (Å²) in [4.78, 5) is 9.06. The van der Waals surface area contributed by atoms with Crippen molar-refractivity contribution in [2.75, 3.05) is 0 Å². The van der Waals surface area contributed by atoms with Crippen molar-refractivity contribution >= 4 is 6.21 Å². The fourth-order valence-electron chi connectivity index (χ4n) is 2.11. The van der Waals surface area contributed by atoms with E-state index in [4.69, 9.17) is 15.8 Å². The largest absolute Gasteiger partial charge is 0.337 e. The highest BCUT2D eigenvalue weighted by molar-refractivity contribution is 5.56. The van der Waals surface area contributed by atoms with Gasteiger partial charge in [0, 0.05) is 24.5 Å². The van der Waals surface area contributed by atoms with Gasteiger partial charge in [0.15, 0.2) is 0 Å². The molecule has 0 bridgehead atoms. The standard InChI is InChI=1S/C13H16N4O/c14-8-11-2-4-13(16-9-11)18-17-6-5-10-1-3-12(15)7-10/h2,4,6,9-10,12H,1,3,5,7,15H2/t10-,12-/m0/s1. The third-order valence-corrected chi connectivity index (χ3v) is 3.11. The van der Waals surface area contributed by atoms with Crippen LogP contribution in [0.4, 0.5) is 0 Å². The van der Waals surface area contributed by atoms with E-state index in [1.165, 1.54) is 12.6 Å². The van der Waals surface area contributed by atoms with E-state index in [0.717, 1.165) is 19.3 Å². The number of hydrogen-bond acceptors (Lipinski definition) is 5. The molecular weight excluding hydrogens is 228 g/mol. The van der Waals surface area contributed by atoms with Gasteiger partial charge in [-0.3, -0.25) is 0 Å². The Morgan fingerprint density at radius 3 is 3.06 bits per heavy atom. The molecule has 18 heavy (non-hydrogen) atoms. The van der Waals surface area contributed by atoms with Crippen molar-refractivity contribution in [2.24, 2.45) is 16.8 Å². The van der Waals surface area contributed by atoms with E-state index in [-0.39, 0.29) is 0 Å². The van der Waals surface area contributed by atoms with Gasteiger partial charge in [-0.1, -0.05) is 5.16 Å². The Kier molecular flexibility index (Phi) is 4.26. The van der Waals surface area contributed by atoms with Gasteiger partial charge in [-0.25, -0.2) is 4.98 Å². The summed E-state index contributed by atoms with van der Waals surface area (Å²) in [6.07, 6.45) is 7.47. The zero-order valence-electron chi connectivity index (χ0n) is 10.1. The third-order valence-electron chi connectivity index (χ3n) is 3.11. The smallest absolute Gasteiger partial charge is 0.248 e. The number of rotatable bonds is 4. The lowest BCUT2D eigenvalue weighted by molar-refractivity contribution is 0.327. The normalized spacial score (nSPS) is 23.1. The van der Waals surface area contributed by atoms with Crippen molar-refractivity contribution in [3.63, 3.8) is 0 Å². The fourth-order valence-corrected chi connectivity index (χ4v) is 2.11. The van der Waals surface area contributed by atoms with Crippen molar-refractivity contribution < 1.29 is 4.84 Å². The summed E-state index contributed by atoms with van der Waals surface area (Å²) >= 11 is 0. The zero-order valence-corrected chi connectivity index (χ0v) is 10.1. The minimum Gasteiger partial charge on any atom is -0.337 e. The highest BCUT2D eigenvalue weighted by Crippen LogP contribution is 2.25. The van der Waals surface area contributed by atoms with Gasteiger partial charge in [-0.2, -0.15) is 5.26 Å². The summed E-state index contributed by atoms with van der Waals surface area (Å²) < 4.78 is 0. The first-order chi connectivity index (χ1) is 8.78. The summed E-state index contributed by atoms with van der Waals surface area (Å²) in [5.74, 6) is 1.02. The highest BCUT2D eigenvalue weighted by Gasteiger charge is 2.20. The second kappa shape index (κ2) is 6.12. The molecule has 5 nitrogen and oxygen atoms in total. The predicted octanol–water partition coefficient (Wildman–Crippen LogP) is 1.84. The molecule has 94 valence electrons. The van der Waals surface area contributed by atoms with Crippen LogP contribution < -0.4 is 10.6 Å². The quantitative estimate of drug-likeness (QED) is 0.647. The first-order valence-corrected chi connectivity index (χ1v) is 6.08. The summed E-state index contributed by atoms with van der Waals surface area (Å²) in [7, 11) is 0. The van der Waals surface area contributed by atoms with Crippen LogP contribution in [0.2, 0.25) is 0 Å².